The SMILES string of the molecule is C=CO/C=C/C#N. The highest BCUT2D eigenvalue weighted by molar-refractivity contribution is 4.98. The molecule has 0 saturated carbocycles. The van der Waals surface area contributed by atoms with Crippen molar-refractivity contribution >= 4 is 0 Å². The van der Waals surface area contributed by atoms with Crippen molar-refractivity contribution in [2.75, 3.05) is 0 Å². The molecule has 0 rings (SSSR count). The summed E-state index contributed by atoms with van der Waals surface area (Å²) in [5, 5.41) is 7.84. The van der Waals surface area contributed by atoms with Crippen LogP contribution < -0.4 is 0 Å². The Morgan fingerprint density at radius 1 is 1.71 bits per heavy atom. The zero-order valence-corrected chi connectivity index (χ0v) is 3.79. The summed E-state index contributed by atoms with van der Waals surface area (Å²) in [6.07, 6.45) is 3.72. The van der Waals surface area contributed by atoms with Crippen LogP contribution in [0.25, 0.3) is 0 Å². The van der Waals surface area contributed by atoms with E-state index < -0.39 is 0 Å². The molecule has 36 valence electrons. The molecule has 7 heavy (non-hydrogen) atoms. The fraction of sp³-hybridized carbons (Fsp3) is 0. The van der Waals surface area contributed by atoms with Crippen molar-refractivity contribution in [1.29, 1.82) is 5.26 Å². The van der Waals surface area contributed by atoms with E-state index in [2.05, 4.69) is 11.3 Å². The first kappa shape index (κ1) is 5.77. The second-order valence-corrected chi connectivity index (χ2v) is 0.735. The summed E-state index contributed by atoms with van der Waals surface area (Å²) in [4.78, 5) is 0. The van der Waals surface area contributed by atoms with Crippen LogP contribution in [0, 0.1) is 11.3 Å². The third kappa shape index (κ3) is 4.77. The molecule has 2 nitrogen and oxygen atoms in total. The van der Waals surface area contributed by atoms with Crippen LogP contribution in [0.2, 0.25) is 0 Å². The first-order valence-corrected chi connectivity index (χ1v) is 1.73. The van der Waals surface area contributed by atoms with Gasteiger partial charge in [-0.1, -0.05) is 6.58 Å². The van der Waals surface area contributed by atoms with Crippen molar-refractivity contribution in [2.45, 2.75) is 0 Å². The minimum absolute atomic E-state index is 1.22. The van der Waals surface area contributed by atoms with Gasteiger partial charge in [0, 0.05) is 0 Å². The molecule has 0 radical (unpaired) electrons. The van der Waals surface area contributed by atoms with Crippen LogP contribution in [0.3, 0.4) is 0 Å². The number of hydrogen-bond acceptors (Lipinski definition) is 2. The normalized spacial score (nSPS) is 7.86. The van der Waals surface area contributed by atoms with Gasteiger partial charge < -0.3 is 4.74 Å². The molecule has 0 amide bonds. The van der Waals surface area contributed by atoms with Gasteiger partial charge in [-0.25, -0.2) is 0 Å². The molecule has 0 aliphatic rings. The first-order valence-electron chi connectivity index (χ1n) is 1.73. The van der Waals surface area contributed by atoms with Gasteiger partial charge in [0.1, 0.15) is 6.26 Å². The van der Waals surface area contributed by atoms with Crippen LogP contribution >= 0.6 is 0 Å². The fourth-order valence-electron chi connectivity index (χ4n) is 0.125. The molecule has 0 saturated heterocycles. The maximum atomic E-state index is 7.84. The molecule has 0 bridgehead atoms. The Balaban J connectivity index is 3.14. The zero-order valence-electron chi connectivity index (χ0n) is 3.79. The Morgan fingerprint density at radius 3 is 2.86 bits per heavy atom. The fourth-order valence-corrected chi connectivity index (χ4v) is 0.125. The molecule has 0 heterocycles. The lowest BCUT2D eigenvalue weighted by Gasteiger charge is -1.78. The van der Waals surface area contributed by atoms with Gasteiger partial charge in [-0.3, -0.25) is 0 Å². The molecule has 0 aromatic rings. The number of nitrogens with zero attached hydrogens (tertiary/aromatic N) is 1. The average Bonchev–Trinajstić information content (AvgIpc) is 1.69. The lowest BCUT2D eigenvalue weighted by Crippen LogP contribution is -1.57. The van der Waals surface area contributed by atoms with Crippen molar-refractivity contribution in [1.82, 2.24) is 0 Å². The maximum absolute atomic E-state index is 7.84. The molecular weight excluding hydrogens is 90.1 g/mol. The van der Waals surface area contributed by atoms with Crippen molar-refractivity contribution in [3.8, 4) is 6.07 Å². The molecule has 0 aromatic heterocycles. The topological polar surface area (TPSA) is 33.0 Å². The van der Waals surface area contributed by atoms with E-state index in [9.17, 15) is 0 Å². The van der Waals surface area contributed by atoms with E-state index in [-0.39, 0.29) is 0 Å². The van der Waals surface area contributed by atoms with Crippen molar-refractivity contribution in [2.24, 2.45) is 0 Å². The number of rotatable bonds is 2. The second kappa shape index (κ2) is 4.77. The Hall–Kier alpha value is -1.23. The van der Waals surface area contributed by atoms with Gasteiger partial charge in [-0.2, -0.15) is 5.26 Å². The quantitative estimate of drug-likeness (QED) is 0.381. The number of ether oxygens (including phenoxy) is 1. The van der Waals surface area contributed by atoms with Gasteiger partial charge in [0.05, 0.1) is 18.4 Å². The Morgan fingerprint density at radius 2 is 2.43 bits per heavy atom. The lowest BCUT2D eigenvalue weighted by molar-refractivity contribution is 0.405. The highest BCUT2D eigenvalue weighted by atomic mass is 16.5. The third-order valence-corrected chi connectivity index (χ3v) is 0.317. The summed E-state index contributed by atoms with van der Waals surface area (Å²) < 4.78 is 4.43. The molecular formula is C5H5NO. The van der Waals surface area contributed by atoms with Gasteiger partial charge in [0.15, 0.2) is 0 Å². The molecule has 0 aliphatic carbocycles. The summed E-state index contributed by atoms with van der Waals surface area (Å²) in [6, 6.07) is 1.75. The molecule has 0 aromatic carbocycles. The van der Waals surface area contributed by atoms with E-state index in [0.717, 1.165) is 0 Å². The highest BCUT2D eigenvalue weighted by Gasteiger charge is 1.58. The smallest absolute Gasteiger partial charge is 0.101 e. The lowest BCUT2D eigenvalue weighted by atomic mass is 10.7. The Labute approximate surface area is 42.3 Å². The standard InChI is InChI=1S/C5H5NO/c1-2-7-5-3-4-6/h2-3,5H,1H2/b5-3+. The van der Waals surface area contributed by atoms with E-state index in [1.807, 2.05) is 0 Å². The van der Waals surface area contributed by atoms with Crippen LogP contribution in [0.1, 0.15) is 0 Å². The molecule has 0 spiro atoms. The van der Waals surface area contributed by atoms with E-state index in [4.69, 9.17) is 5.26 Å². The summed E-state index contributed by atoms with van der Waals surface area (Å²) in [5.41, 5.74) is 0. The molecule has 2 heteroatoms. The van der Waals surface area contributed by atoms with Crippen molar-refractivity contribution < 1.29 is 4.74 Å². The number of hydrogen-bond donors (Lipinski definition) is 0. The van der Waals surface area contributed by atoms with Gasteiger partial charge in [-0.15, -0.1) is 0 Å². The van der Waals surface area contributed by atoms with Crippen LogP contribution in [0.4, 0.5) is 0 Å². The predicted octanol–water partition coefficient (Wildman–Crippen LogP) is 1.18. The van der Waals surface area contributed by atoms with E-state index in [1.54, 1.807) is 6.07 Å². The largest absolute Gasteiger partial charge is 0.473 e. The van der Waals surface area contributed by atoms with Crippen molar-refractivity contribution in [3.05, 3.63) is 25.2 Å². The Kier molecular flexibility index (Phi) is 3.93. The van der Waals surface area contributed by atoms with Crippen LogP contribution in [-0.2, 0) is 4.74 Å². The average molecular weight is 95.1 g/mol. The summed E-state index contributed by atoms with van der Waals surface area (Å²) in [7, 11) is 0. The third-order valence-electron chi connectivity index (χ3n) is 0.317. The van der Waals surface area contributed by atoms with Crippen LogP contribution in [0.5, 0.6) is 0 Å². The van der Waals surface area contributed by atoms with E-state index in [1.165, 1.54) is 18.6 Å². The van der Waals surface area contributed by atoms with Gasteiger partial charge in [0.25, 0.3) is 0 Å². The van der Waals surface area contributed by atoms with Gasteiger partial charge in [-0.05, 0) is 0 Å². The second-order valence-electron chi connectivity index (χ2n) is 0.735. The summed E-state index contributed by atoms with van der Waals surface area (Å²) >= 11 is 0. The van der Waals surface area contributed by atoms with Gasteiger partial charge in [0.2, 0.25) is 0 Å². The molecule has 0 unspecified atom stereocenters. The van der Waals surface area contributed by atoms with E-state index >= 15 is 0 Å². The molecule has 0 aliphatic heterocycles. The minimum atomic E-state index is 1.22. The minimum Gasteiger partial charge on any atom is -0.473 e. The Bertz CT molecular complexity index is 110. The number of allylic oxidation sites excluding steroid dienone is 1. The highest BCUT2D eigenvalue weighted by Crippen LogP contribution is 1.72. The molecule has 0 N–H and O–H groups in total. The predicted molar refractivity (Wildman–Crippen MR) is 26.0 cm³/mol. The summed E-state index contributed by atoms with van der Waals surface area (Å²) in [5.74, 6) is 0. The van der Waals surface area contributed by atoms with Crippen molar-refractivity contribution in [3.63, 3.8) is 0 Å². The molecule has 0 fully saturated rings. The van der Waals surface area contributed by atoms with Gasteiger partial charge >= 0.3 is 0 Å². The first-order chi connectivity index (χ1) is 3.41. The number of nitriles is 1. The van der Waals surface area contributed by atoms with E-state index in [0.29, 0.717) is 0 Å². The zero-order chi connectivity index (χ0) is 5.54. The molecule has 0 atom stereocenters. The monoisotopic (exact) mass is 95.0 g/mol. The summed E-state index contributed by atoms with van der Waals surface area (Å²) in [6.45, 7) is 3.25. The maximum Gasteiger partial charge on any atom is 0.101 e. The van der Waals surface area contributed by atoms with Crippen LogP contribution in [-0.4, -0.2) is 0 Å². The van der Waals surface area contributed by atoms with Crippen LogP contribution in [0.15, 0.2) is 25.2 Å².